The van der Waals surface area contributed by atoms with Gasteiger partial charge in [-0.3, -0.25) is 4.79 Å². The molecule has 0 aliphatic rings. The average molecular weight is 452 g/mol. The van der Waals surface area contributed by atoms with Gasteiger partial charge in [-0.25, -0.2) is 0 Å². The molecular formula is C14H16Cl5N3OS. The smallest absolute Gasteiger partial charge is 0.228 e. The minimum Gasteiger partial charge on any atom is -0.339 e. The van der Waals surface area contributed by atoms with Crippen molar-refractivity contribution in [2.75, 3.05) is 5.32 Å². The Morgan fingerprint density at radius 2 is 1.71 bits per heavy atom. The van der Waals surface area contributed by atoms with E-state index in [2.05, 4.69) is 16.0 Å². The van der Waals surface area contributed by atoms with E-state index >= 15 is 0 Å². The third-order valence-corrected chi connectivity index (χ3v) is 4.16. The first-order chi connectivity index (χ1) is 10.8. The summed E-state index contributed by atoms with van der Waals surface area (Å²) in [6.07, 6.45) is -1.04. The number of anilines is 1. The summed E-state index contributed by atoms with van der Waals surface area (Å²) in [5.41, 5.74) is -0.145. The maximum atomic E-state index is 12.1. The topological polar surface area (TPSA) is 53.2 Å². The summed E-state index contributed by atoms with van der Waals surface area (Å²) in [7, 11) is 0. The van der Waals surface area contributed by atoms with Gasteiger partial charge in [0.05, 0.1) is 10.7 Å². The van der Waals surface area contributed by atoms with Crippen molar-refractivity contribution in [3.8, 4) is 0 Å². The molecule has 0 aliphatic carbocycles. The molecule has 1 amide bonds. The lowest BCUT2D eigenvalue weighted by atomic mass is 9.95. The van der Waals surface area contributed by atoms with Crippen LogP contribution in [-0.4, -0.2) is 21.0 Å². The van der Waals surface area contributed by atoms with E-state index in [-0.39, 0.29) is 11.0 Å². The van der Waals surface area contributed by atoms with Crippen molar-refractivity contribution in [1.29, 1.82) is 0 Å². The number of carbonyl (C=O) groups is 1. The zero-order valence-electron chi connectivity index (χ0n) is 13.0. The molecule has 0 spiro atoms. The number of hydrogen-bond donors (Lipinski definition) is 3. The second kappa shape index (κ2) is 8.47. The second-order valence-corrected chi connectivity index (χ2v) is 9.54. The molecule has 1 rings (SSSR count). The molecule has 10 heteroatoms. The van der Waals surface area contributed by atoms with Gasteiger partial charge in [-0.2, -0.15) is 0 Å². The van der Waals surface area contributed by atoms with Gasteiger partial charge in [-0.05, 0) is 30.4 Å². The second-order valence-electron chi connectivity index (χ2n) is 5.92. The largest absolute Gasteiger partial charge is 0.339 e. The zero-order valence-corrected chi connectivity index (χ0v) is 17.6. The predicted octanol–water partition coefficient (Wildman–Crippen LogP) is 5.14. The number of benzene rings is 1. The number of hydrogen-bond acceptors (Lipinski definition) is 2. The summed E-state index contributed by atoms with van der Waals surface area (Å²) < 4.78 is -1.82. The fourth-order valence-electron chi connectivity index (χ4n) is 1.43. The highest BCUT2D eigenvalue weighted by molar-refractivity contribution is 7.80. The highest BCUT2D eigenvalue weighted by Gasteiger charge is 2.36. The number of halogens is 5. The van der Waals surface area contributed by atoms with E-state index in [4.69, 9.17) is 70.2 Å². The van der Waals surface area contributed by atoms with Crippen LogP contribution in [0.1, 0.15) is 20.8 Å². The Bertz CT molecular complexity index is 628. The SMILES string of the molecule is CC(C)(C)C(=O)NC(NC(=S)Nc1ccc(Cl)cc1Cl)C(Cl)(Cl)Cl. The van der Waals surface area contributed by atoms with E-state index in [0.717, 1.165) is 0 Å². The van der Waals surface area contributed by atoms with Gasteiger partial charge in [0.15, 0.2) is 5.11 Å². The quantitative estimate of drug-likeness (QED) is 0.338. The normalized spacial score (nSPS) is 13.2. The van der Waals surface area contributed by atoms with Gasteiger partial charge in [0, 0.05) is 10.4 Å². The van der Waals surface area contributed by atoms with Crippen molar-refractivity contribution >= 4 is 86.9 Å². The van der Waals surface area contributed by atoms with Gasteiger partial charge in [0.2, 0.25) is 9.70 Å². The van der Waals surface area contributed by atoms with Gasteiger partial charge < -0.3 is 16.0 Å². The summed E-state index contributed by atoms with van der Waals surface area (Å²) in [6.45, 7) is 5.21. The molecule has 3 N–H and O–H groups in total. The van der Waals surface area contributed by atoms with Gasteiger partial charge >= 0.3 is 0 Å². The minimum atomic E-state index is -1.82. The third kappa shape index (κ3) is 6.98. The molecule has 0 fully saturated rings. The van der Waals surface area contributed by atoms with Crippen LogP contribution < -0.4 is 16.0 Å². The number of nitrogens with one attached hydrogen (secondary N) is 3. The van der Waals surface area contributed by atoms with E-state index in [0.29, 0.717) is 15.7 Å². The molecule has 0 heterocycles. The number of thiocarbonyl (C=S) groups is 1. The van der Waals surface area contributed by atoms with Crippen LogP contribution >= 0.6 is 70.2 Å². The van der Waals surface area contributed by atoms with Crippen LogP contribution in [0.3, 0.4) is 0 Å². The Balaban J connectivity index is 2.83. The molecule has 0 aromatic heterocycles. The first kappa shape index (κ1) is 21.9. The number of amides is 1. The van der Waals surface area contributed by atoms with Crippen LogP contribution in [0.4, 0.5) is 5.69 Å². The average Bonchev–Trinajstić information content (AvgIpc) is 2.39. The third-order valence-electron chi connectivity index (χ3n) is 2.74. The maximum Gasteiger partial charge on any atom is 0.228 e. The number of rotatable bonds is 3. The van der Waals surface area contributed by atoms with Gasteiger partial charge in [0.1, 0.15) is 6.17 Å². The standard InChI is InChI=1S/C14H16Cl5N3OS/c1-13(2,3)11(23)21-10(14(17,18)19)22-12(24)20-9-5-4-7(15)6-8(9)16/h4-6,10H,1-3H3,(H,21,23)(H2,20,22,24). The number of alkyl halides is 3. The zero-order chi connectivity index (χ0) is 18.7. The molecule has 0 saturated carbocycles. The first-order valence-corrected chi connectivity index (χ1v) is 9.01. The Morgan fingerprint density at radius 3 is 2.17 bits per heavy atom. The molecule has 1 unspecified atom stereocenters. The molecule has 134 valence electrons. The molecule has 1 atom stereocenters. The molecule has 0 aliphatic heterocycles. The van der Waals surface area contributed by atoms with E-state index < -0.39 is 15.4 Å². The summed E-state index contributed by atoms with van der Waals surface area (Å²) in [5.74, 6) is -0.307. The lowest BCUT2D eigenvalue weighted by Gasteiger charge is -2.30. The van der Waals surface area contributed by atoms with Crippen molar-refractivity contribution < 1.29 is 4.79 Å². The summed E-state index contributed by atoms with van der Waals surface area (Å²) in [5, 5.41) is 9.19. The molecule has 0 saturated heterocycles. The molecule has 4 nitrogen and oxygen atoms in total. The van der Waals surface area contributed by atoms with Crippen molar-refractivity contribution in [3.63, 3.8) is 0 Å². The fraction of sp³-hybridized carbons (Fsp3) is 0.429. The van der Waals surface area contributed by atoms with Crippen LogP contribution in [0, 0.1) is 5.41 Å². The van der Waals surface area contributed by atoms with Crippen LogP contribution in [0.25, 0.3) is 0 Å². The van der Waals surface area contributed by atoms with Crippen molar-refractivity contribution in [2.24, 2.45) is 5.41 Å². The molecule has 0 radical (unpaired) electrons. The molecular weight excluding hydrogens is 436 g/mol. The lowest BCUT2D eigenvalue weighted by Crippen LogP contribution is -2.58. The fourth-order valence-corrected chi connectivity index (χ4v) is 2.44. The lowest BCUT2D eigenvalue weighted by molar-refractivity contribution is -0.129. The molecule has 24 heavy (non-hydrogen) atoms. The maximum absolute atomic E-state index is 12.1. The van der Waals surface area contributed by atoms with E-state index in [1.165, 1.54) is 0 Å². The highest BCUT2D eigenvalue weighted by atomic mass is 35.6. The monoisotopic (exact) mass is 449 g/mol. The highest BCUT2D eigenvalue weighted by Crippen LogP contribution is 2.30. The van der Waals surface area contributed by atoms with E-state index in [9.17, 15) is 4.79 Å². The molecule has 0 bridgehead atoms. The van der Waals surface area contributed by atoms with Gasteiger partial charge in [-0.15, -0.1) is 0 Å². The Morgan fingerprint density at radius 1 is 1.12 bits per heavy atom. The van der Waals surface area contributed by atoms with Gasteiger partial charge in [-0.1, -0.05) is 78.8 Å². The molecule has 1 aromatic carbocycles. The van der Waals surface area contributed by atoms with Crippen molar-refractivity contribution in [1.82, 2.24) is 10.6 Å². The van der Waals surface area contributed by atoms with Crippen LogP contribution in [0.5, 0.6) is 0 Å². The minimum absolute atomic E-state index is 0.116. The Labute approximate surface area is 171 Å². The summed E-state index contributed by atoms with van der Waals surface area (Å²) >= 11 is 34.8. The summed E-state index contributed by atoms with van der Waals surface area (Å²) in [6, 6.07) is 4.85. The van der Waals surface area contributed by atoms with Crippen LogP contribution in [0.2, 0.25) is 10.0 Å². The van der Waals surface area contributed by atoms with Crippen LogP contribution in [0.15, 0.2) is 18.2 Å². The Hall–Kier alpha value is -0.170. The Kier molecular flexibility index (Phi) is 7.72. The number of carbonyl (C=O) groups excluding carboxylic acids is 1. The summed E-state index contributed by atoms with van der Waals surface area (Å²) in [4.78, 5) is 12.1. The van der Waals surface area contributed by atoms with Crippen molar-refractivity contribution in [3.05, 3.63) is 28.2 Å². The first-order valence-electron chi connectivity index (χ1n) is 6.71. The van der Waals surface area contributed by atoms with E-state index in [1.54, 1.807) is 39.0 Å². The molecule has 1 aromatic rings. The van der Waals surface area contributed by atoms with Crippen LogP contribution in [-0.2, 0) is 4.79 Å². The van der Waals surface area contributed by atoms with E-state index in [1.807, 2.05) is 0 Å². The van der Waals surface area contributed by atoms with Crippen molar-refractivity contribution in [2.45, 2.75) is 30.7 Å². The predicted molar refractivity (Wildman–Crippen MR) is 107 cm³/mol. The van der Waals surface area contributed by atoms with Gasteiger partial charge in [0.25, 0.3) is 0 Å².